The Morgan fingerprint density at radius 3 is 2.30 bits per heavy atom. The zero-order valence-corrected chi connectivity index (χ0v) is 12.1. The molecule has 2 saturated heterocycles. The first-order valence-corrected chi connectivity index (χ1v) is 7.71. The Morgan fingerprint density at radius 1 is 1.00 bits per heavy atom. The predicted molar refractivity (Wildman–Crippen MR) is 82.1 cm³/mol. The summed E-state index contributed by atoms with van der Waals surface area (Å²) in [7, 11) is 0. The predicted octanol–water partition coefficient (Wildman–Crippen LogP) is 0.923. The average Bonchev–Trinajstić information content (AvgIpc) is 2.49. The molecule has 110 valence electrons. The van der Waals surface area contributed by atoms with Gasteiger partial charge in [-0.3, -0.25) is 4.90 Å². The molecule has 1 aromatic carbocycles. The van der Waals surface area contributed by atoms with Crippen LogP contribution in [0.2, 0.25) is 0 Å². The first kappa shape index (κ1) is 13.9. The lowest BCUT2D eigenvalue weighted by atomic mass is 9.91. The van der Waals surface area contributed by atoms with E-state index in [0.29, 0.717) is 0 Å². The van der Waals surface area contributed by atoms with Crippen LogP contribution in [0.3, 0.4) is 0 Å². The van der Waals surface area contributed by atoms with Crippen LogP contribution >= 0.6 is 0 Å². The van der Waals surface area contributed by atoms with E-state index in [-0.39, 0.29) is 0 Å². The lowest BCUT2D eigenvalue weighted by Gasteiger charge is -2.41. The van der Waals surface area contributed by atoms with Gasteiger partial charge < -0.3 is 15.3 Å². The number of piperazine rings is 1. The molecule has 2 N–H and O–H groups in total. The van der Waals surface area contributed by atoms with Gasteiger partial charge in [-0.2, -0.15) is 0 Å². The highest BCUT2D eigenvalue weighted by atomic mass is 16.3. The monoisotopic (exact) mass is 275 g/mol. The van der Waals surface area contributed by atoms with Crippen LogP contribution in [0.4, 0.5) is 5.69 Å². The Bertz CT molecular complexity index is 409. The Kier molecular flexibility index (Phi) is 4.24. The number of para-hydroxylation sites is 1. The number of aliphatic hydroxyl groups is 1. The molecule has 0 bridgehead atoms. The second kappa shape index (κ2) is 6.12. The van der Waals surface area contributed by atoms with Crippen LogP contribution < -0.4 is 10.2 Å². The third-order valence-corrected chi connectivity index (χ3v) is 4.55. The van der Waals surface area contributed by atoms with Gasteiger partial charge in [0.25, 0.3) is 0 Å². The Labute approximate surface area is 121 Å². The number of hydrogen-bond acceptors (Lipinski definition) is 4. The third-order valence-electron chi connectivity index (χ3n) is 4.55. The molecule has 1 aromatic rings. The van der Waals surface area contributed by atoms with E-state index in [1.807, 2.05) is 0 Å². The summed E-state index contributed by atoms with van der Waals surface area (Å²) in [6, 6.07) is 10.6. The Hall–Kier alpha value is -1.10. The van der Waals surface area contributed by atoms with E-state index in [0.717, 1.165) is 58.7 Å². The van der Waals surface area contributed by atoms with Gasteiger partial charge in [-0.1, -0.05) is 18.2 Å². The molecular weight excluding hydrogens is 250 g/mol. The quantitative estimate of drug-likeness (QED) is 0.860. The zero-order chi connectivity index (χ0) is 13.8. The molecule has 4 nitrogen and oxygen atoms in total. The largest absolute Gasteiger partial charge is 0.388 e. The van der Waals surface area contributed by atoms with E-state index >= 15 is 0 Å². The molecule has 0 atom stereocenters. The topological polar surface area (TPSA) is 38.7 Å². The van der Waals surface area contributed by atoms with Crippen molar-refractivity contribution in [1.82, 2.24) is 10.2 Å². The molecule has 0 radical (unpaired) electrons. The van der Waals surface area contributed by atoms with Gasteiger partial charge in [0.15, 0.2) is 0 Å². The molecule has 20 heavy (non-hydrogen) atoms. The fraction of sp³-hybridized carbons (Fsp3) is 0.625. The number of benzene rings is 1. The minimum Gasteiger partial charge on any atom is -0.388 e. The molecular formula is C16H25N3O. The maximum absolute atomic E-state index is 10.6. The molecule has 0 amide bonds. The summed E-state index contributed by atoms with van der Waals surface area (Å²) in [6.07, 6.45) is 1.76. The molecule has 0 spiro atoms. The van der Waals surface area contributed by atoms with Crippen molar-refractivity contribution in [3.8, 4) is 0 Å². The SMILES string of the molecule is OC1(CN2CCN(c3ccccc3)CC2)CCNCC1. The summed E-state index contributed by atoms with van der Waals surface area (Å²) >= 11 is 0. The Balaban J connectivity index is 1.51. The number of anilines is 1. The van der Waals surface area contributed by atoms with E-state index in [9.17, 15) is 5.11 Å². The van der Waals surface area contributed by atoms with Crippen molar-refractivity contribution in [3.05, 3.63) is 30.3 Å². The van der Waals surface area contributed by atoms with Crippen LogP contribution in [0, 0.1) is 0 Å². The smallest absolute Gasteiger partial charge is 0.0798 e. The van der Waals surface area contributed by atoms with Crippen LogP contribution in [0.15, 0.2) is 30.3 Å². The van der Waals surface area contributed by atoms with Gasteiger partial charge in [-0.05, 0) is 38.1 Å². The maximum atomic E-state index is 10.6. The second-order valence-corrected chi connectivity index (χ2v) is 6.07. The van der Waals surface area contributed by atoms with Gasteiger partial charge >= 0.3 is 0 Å². The minimum absolute atomic E-state index is 0.472. The average molecular weight is 275 g/mol. The van der Waals surface area contributed by atoms with Crippen molar-refractivity contribution in [1.29, 1.82) is 0 Å². The number of piperidine rings is 1. The van der Waals surface area contributed by atoms with Crippen molar-refractivity contribution in [2.45, 2.75) is 18.4 Å². The van der Waals surface area contributed by atoms with E-state index in [2.05, 4.69) is 45.4 Å². The summed E-state index contributed by atoms with van der Waals surface area (Å²) in [5.74, 6) is 0. The van der Waals surface area contributed by atoms with Crippen LogP contribution in [0.1, 0.15) is 12.8 Å². The number of β-amino-alcohol motifs (C(OH)–C–C–N with tert-alkyl or cyclic N) is 1. The lowest BCUT2D eigenvalue weighted by Crippen LogP contribution is -2.54. The highest BCUT2D eigenvalue weighted by molar-refractivity contribution is 5.46. The molecule has 4 heteroatoms. The summed E-state index contributed by atoms with van der Waals surface area (Å²) in [5, 5.41) is 13.9. The molecule has 2 aliphatic rings. The molecule has 2 heterocycles. The van der Waals surface area contributed by atoms with E-state index in [1.54, 1.807) is 0 Å². The highest BCUT2D eigenvalue weighted by Crippen LogP contribution is 2.21. The van der Waals surface area contributed by atoms with Crippen molar-refractivity contribution in [2.75, 3.05) is 50.7 Å². The molecule has 2 fully saturated rings. The molecule has 0 saturated carbocycles. The number of hydrogen-bond donors (Lipinski definition) is 2. The van der Waals surface area contributed by atoms with Crippen LogP contribution in [-0.4, -0.2) is 61.4 Å². The van der Waals surface area contributed by atoms with Crippen molar-refractivity contribution in [3.63, 3.8) is 0 Å². The summed E-state index contributed by atoms with van der Waals surface area (Å²) in [6.45, 7) is 6.92. The molecule has 3 rings (SSSR count). The third kappa shape index (κ3) is 3.32. The lowest BCUT2D eigenvalue weighted by molar-refractivity contribution is -0.0218. The van der Waals surface area contributed by atoms with Gasteiger partial charge in [-0.15, -0.1) is 0 Å². The maximum Gasteiger partial charge on any atom is 0.0798 e. The van der Waals surface area contributed by atoms with Gasteiger partial charge in [0, 0.05) is 38.4 Å². The fourth-order valence-corrected chi connectivity index (χ4v) is 3.27. The van der Waals surface area contributed by atoms with E-state index < -0.39 is 5.60 Å². The van der Waals surface area contributed by atoms with Crippen LogP contribution in [0.25, 0.3) is 0 Å². The van der Waals surface area contributed by atoms with Crippen LogP contribution in [0.5, 0.6) is 0 Å². The molecule has 0 unspecified atom stereocenters. The van der Waals surface area contributed by atoms with Gasteiger partial charge in [0.2, 0.25) is 0 Å². The number of nitrogens with one attached hydrogen (secondary N) is 1. The van der Waals surface area contributed by atoms with Crippen molar-refractivity contribution in [2.24, 2.45) is 0 Å². The van der Waals surface area contributed by atoms with Gasteiger partial charge in [0.05, 0.1) is 5.60 Å². The van der Waals surface area contributed by atoms with Gasteiger partial charge in [-0.25, -0.2) is 0 Å². The Morgan fingerprint density at radius 2 is 1.65 bits per heavy atom. The normalized spacial score (nSPS) is 23.8. The zero-order valence-electron chi connectivity index (χ0n) is 12.1. The first-order valence-electron chi connectivity index (χ1n) is 7.71. The van der Waals surface area contributed by atoms with Crippen LogP contribution in [-0.2, 0) is 0 Å². The van der Waals surface area contributed by atoms with Gasteiger partial charge in [0.1, 0.15) is 0 Å². The van der Waals surface area contributed by atoms with Crippen molar-refractivity contribution >= 4 is 5.69 Å². The second-order valence-electron chi connectivity index (χ2n) is 6.07. The first-order chi connectivity index (χ1) is 9.75. The molecule has 2 aliphatic heterocycles. The fourth-order valence-electron chi connectivity index (χ4n) is 3.27. The number of nitrogens with zero attached hydrogens (tertiary/aromatic N) is 2. The number of rotatable bonds is 3. The standard InChI is InChI=1S/C16H25N3O/c20-16(6-8-17-9-7-16)14-18-10-12-19(13-11-18)15-4-2-1-3-5-15/h1-5,17,20H,6-14H2. The van der Waals surface area contributed by atoms with E-state index in [1.165, 1.54) is 5.69 Å². The summed E-state index contributed by atoms with van der Waals surface area (Å²) in [5.41, 5.74) is 0.841. The minimum atomic E-state index is -0.472. The molecule has 0 aliphatic carbocycles. The molecule has 0 aromatic heterocycles. The summed E-state index contributed by atoms with van der Waals surface area (Å²) < 4.78 is 0. The highest BCUT2D eigenvalue weighted by Gasteiger charge is 2.32. The van der Waals surface area contributed by atoms with E-state index in [4.69, 9.17) is 0 Å². The van der Waals surface area contributed by atoms with Crippen molar-refractivity contribution < 1.29 is 5.11 Å². The summed E-state index contributed by atoms with van der Waals surface area (Å²) in [4.78, 5) is 4.85.